The summed E-state index contributed by atoms with van der Waals surface area (Å²) in [5.74, 6) is 0.997. The van der Waals surface area contributed by atoms with Gasteiger partial charge < -0.3 is 14.7 Å². The predicted molar refractivity (Wildman–Crippen MR) is 108 cm³/mol. The van der Waals surface area contributed by atoms with Crippen LogP contribution in [0.2, 0.25) is 0 Å². The maximum absolute atomic E-state index is 13.0. The lowest BCUT2D eigenvalue weighted by atomic mass is 9.93. The van der Waals surface area contributed by atoms with Gasteiger partial charge in [-0.05, 0) is 50.2 Å². The van der Waals surface area contributed by atoms with Crippen LogP contribution in [0.25, 0.3) is 0 Å². The van der Waals surface area contributed by atoms with Crippen LogP contribution in [-0.4, -0.2) is 64.6 Å². The van der Waals surface area contributed by atoms with E-state index >= 15 is 0 Å². The van der Waals surface area contributed by atoms with E-state index < -0.39 is 0 Å². The van der Waals surface area contributed by atoms with Gasteiger partial charge in [-0.15, -0.1) is 0 Å². The molecule has 29 heavy (non-hydrogen) atoms. The highest BCUT2D eigenvalue weighted by Crippen LogP contribution is 2.33. The van der Waals surface area contributed by atoms with Crippen molar-refractivity contribution in [1.29, 1.82) is 0 Å². The Morgan fingerprint density at radius 1 is 0.759 bits per heavy atom. The fourth-order valence-electron chi connectivity index (χ4n) is 5.16. The first-order chi connectivity index (χ1) is 14.1. The Labute approximate surface area is 171 Å². The third-order valence-corrected chi connectivity index (χ3v) is 7.15. The molecule has 6 nitrogen and oxygen atoms in total. The Kier molecular flexibility index (Phi) is 4.80. The van der Waals surface area contributed by atoms with Crippen LogP contribution in [0, 0.1) is 11.8 Å². The summed E-state index contributed by atoms with van der Waals surface area (Å²) in [4.78, 5) is 43.9. The monoisotopic (exact) mass is 395 g/mol. The molecule has 2 saturated heterocycles. The lowest BCUT2D eigenvalue weighted by Crippen LogP contribution is -2.50. The Balaban J connectivity index is 1.12. The first-order valence-corrected chi connectivity index (χ1v) is 11.1. The number of carbonyl (C=O) groups excluding carboxylic acids is 3. The molecule has 3 amide bonds. The van der Waals surface area contributed by atoms with Gasteiger partial charge in [0, 0.05) is 56.2 Å². The molecule has 0 radical (unpaired) electrons. The van der Waals surface area contributed by atoms with Gasteiger partial charge in [0.2, 0.25) is 11.8 Å². The van der Waals surface area contributed by atoms with Crippen LogP contribution < -0.4 is 0 Å². The average Bonchev–Trinajstić information content (AvgIpc) is 3.57. The number of likely N-dealkylation sites (tertiary alicyclic amines) is 2. The van der Waals surface area contributed by atoms with E-state index in [0.717, 1.165) is 75.8 Å². The van der Waals surface area contributed by atoms with Gasteiger partial charge in [-0.1, -0.05) is 18.2 Å². The molecule has 4 aliphatic rings. The van der Waals surface area contributed by atoms with E-state index in [4.69, 9.17) is 0 Å². The summed E-state index contributed by atoms with van der Waals surface area (Å²) in [6, 6.07) is 8.07. The molecule has 0 spiro atoms. The number of fused-ring (bicyclic) bond motifs is 1. The van der Waals surface area contributed by atoms with Gasteiger partial charge in [-0.3, -0.25) is 14.4 Å². The summed E-state index contributed by atoms with van der Waals surface area (Å²) >= 11 is 0. The van der Waals surface area contributed by atoms with Crippen LogP contribution in [0.3, 0.4) is 0 Å². The molecule has 3 heterocycles. The lowest BCUT2D eigenvalue weighted by molar-refractivity contribution is -0.142. The van der Waals surface area contributed by atoms with Crippen molar-refractivity contribution >= 4 is 17.7 Å². The molecule has 154 valence electrons. The Hall–Kier alpha value is -2.37. The molecule has 3 aliphatic heterocycles. The topological polar surface area (TPSA) is 60.9 Å². The van der Waals surface area contributed by atoms with Crippen LogP contribution in [0.1, 0.15) is 54.4 Å². The van der Waals surface area contributed by atoms with Crippen LogP contribution in [0.5, 0.6) is 0 Å². The first-order valence-electron chi connectivity index (χ1n) is 11.1. The van der Waals surface area contributed by atoms with Gasteiger partial charge in [0.25, 0.3) is 5.91 Å². The minimum atomic E-state index is 0.0486. The molecule has 0 atom stereocenters. The molecule has 0 aromatic heterocycles. The number of carbonyl (C=O) groups is 3. The predicted octanol–water partition coefficient (Wildman–Crippen LogP) is 2.28. The quantitative estimate of drug-likeness (QED) is 0.789. The second kappa shape index (κ2) is 7.47. The summed E-state index contributed by atoms with van der Waals surface area (Å²) in [7, 11) is 0. The molecule has 6 heteroatoms. The van der Waals surface area contributed by atoms with E-state index in [1.54, 1.807) is 0 Å². The average molecular weight is 396 g/mol. The standard InChI is InChI=1S/C23H29N3O3/c27-21(16-5-6-16)24-11-7-17(8-12-24)22(28)25-13-9-19(10-14-25)26-15-18-3-1-2-4-20(18)23(26)29/h1-4,16-17,19H,5-15H2. The van der Waals surface area contributed by atoms with Gasteiger partial charge >= 0.3 is 0 Å². The number of piperidine rings is 2. The van der Waals surface area contributed by atoms with E-state index in [0.29, 0.717) is 12.5 Å². The number of hydrogen-bond donors (Lipinski definition) is 0. The van der Waals surface area contributed by atoms with Crippen molar-refractivity contribution in [1.82, 2.24) is 14.7 Å². The number of rotatable bonds is 3. The zero-order valence-corrected chi connectivity index (χ0v) is 16.9. The maximum Gasteiger partial charge on any atom is 0.254 e. The van der Waals surface area contributed by atoms with Crippen molar-refractivity contribution in [2.75, 3.05) is 26.2 Å². The normalized spacial score (nSPS) is 23.4. The summed E-state index contributed by atoms with van der Waals surface area (Å²) in [5.41, 5.74) is 1.95. The Morgan fingerprint density at radius 2 is 1.31 bits per heavy atom. The molecule has 5 rings (SSSR count). The van der Waals surface area contributed by atoms with Gasteiger partial charge in [-0.2, -0.15) is 0 Å². The van der Waals surface area contributed by atoms with E-state index in [1.165, 1.54) is 0 Å². The highest BCUT2D eigenvalue weighted by atomic mass is 16.2. The maximum atomic E-state index is 13.0. The lowest BCUT2D eigenvalue weighted by Gasteiger charge is -2.39. The van der Waals surface area contributed by atoms with Crippen molar-refractivity contribution < 1.29 is 14.4 Å². The summed E-state index contributed by atoms with van der Waals surface area (Å²) in [6.45, 7) is 3.60. The van der Waals surface area contributed by atoms with Crippen molar-refractivity contribution in [3.05, 3.63) is 35.4 Å². The highest BCUT2D eigenvalue weighted by Gasteiger charge is 2.38. The molecular formula is C23H29N3O3. The minimum absolute atomic E-state index is 0.0486. The number of benzene rings is 1. The second-order valence-electron chi connectivity index (χ2n) is 9.02. The van der Waals surface area contributed by atoms with Gasteiger partial charge in [0.05, 0.1) is 0 Å². The van der Waals surface area contributed by atoms with Crippen LogP contribution in [-0.2, 0) is 16.1 Å². The van der Waals surface area contributed by atoms with Gasteiger partial charge in [0.15, 0.2) is 0 Å². The van der Waals surface area contributed by atoms with Crippen LogP contribution >= 0.6 is 0 Å². The Morgan fingerprint density at radius 3 is 1.90 bits per heavy atom. The van der Waals surface area contributed by atoms with Crippen LogP contribution in [0.4, 0.5) is 0 Å². The van der Waals surface area contributed by atoms with E-state index in [2.05, 4.69) is 0 Å². The number of hydrogen-bond acceptors (Lipinski definition) is 3. The minimum Gasteiger partial charge on any atom is -0.342 e. The fourth-order valence-corrected chi connectivity index (χ4v) is 5.16. The smallest absolute Gasteiger partial charge is 0.254 e. The molecule has 1 aromatic rings. The fraction of sp³-hybridized carbons (Fsp3) is 0.609. The third-order valence-electron chi connectivity index (χ3n) is 7.15. The van der Waals surface area contributed by atoms with Crippen molar-refractivity contribution in [3.63, 3.8) is 0 Å². The zero-order chi connectivity index (χ0) is 20.0. The largest absolute Gasteiger partial charge is 0.342 e. The molecule has 0 bridgehead atoms. The molecule has 0 N–H and O–H groups in total. The summed E-state index contributed by atoms with van der Waals surface area (Å²) < 4.78 is 0. The second-order valence-corrected chi connectivity index (χ2v) is 9.02. The molecule has 0 unspecified atom stereocenters. The van der Waals surface area contributed by atoms with Crippen molar-refractivity contribution in [2.45, 2.75) is 51.1 Å². The Bertz CT molecular complexity index is 818. The summed E-state index contributed by atoms with van der Waals surface area (Å²) in [5, 5.41) is 0. The molecule has 3 fully saturated rings. The van der Waals surface area contributed by atoms with E-state index in [9.17, 15) is 14.4 Å². The SMILES string of the molecule is O=C(C1CC1)N1CCC(C(=O)N2CCC(N3Cc4ccccc4C3=O)CC2)CC1. The molecule has 1 aromatic carbocycles. The van der Waals surface area contributed by atoms with E-state index in [1.807, 2.05) is 39.0 Å². The van der Waals surface area contributed by atoms with Gasteiger partial charge in [-0.25, -0.2) is 0 Å². The van der Waals surface area contributed by atoms with Crippen molar-refractivity contribution in [3.8, 4) is 0 Å². The van der Waals surface area contributed by atoms with E-state index in [-0.39, 0.29) is 29.7 Å². The first kappa shape index (κ1) is 18.6. The van der Waals surface area contributed by atoms with Crippen LogP contribution in [0.15, 0.2) is 24.3 Å². The molecule has 1 saturated carbocycles. The molecule has 1 aliphatic carbocycles. The van der Waals surface area contributed by atoms with Crippen molar-refractivity contribution in [2.24, 2.45) is 11.8 Å². The molecular weight excluding hydrogens is 366 g/mol. The zero-order valence-electron chi connectivity index (χ0n) is 16.9. The number of nitrogens with zero attached hydrogens (tertiary/aromatic N) is 3. The third kappa shape index (κ3) is 3.53. The number of amides is 3. The highest BCUT2D eigenvalue weighted by molar-refractivity contribution is 5.98. The van der Waals surface area contributed by atoms with Gasteiger partial charge in [0.1, 0.15) is 0 Å². The summed E-state index contributed by atoms with van der Waals surface area (Å²) in [6.07, 6.45) is 5.36.